The minimum atomic E-state index is 1.07. The second-order valence-corrected chi connectivity index (χ2v) is 5.33. The normalized spacial score (nSPS) is 66.0. The van der Waals surface area contributed by atoms with Crippen LogP contribution in [-0.4, -0.2) is 7.85 Å². The number of hydrogen-bond donors (Lipinski definition) is 0. The Morgan fingerprint density at radius 1 is 1.00 bits per heavy atom. The molecule has 3 saturated carbocycles. The summed E-state index contributed by atoms with van der Waals surface area (Å²) in [6.45, 7) is 0. The molecule has 0 spiro atoms. The molecule has 0 unspecified atom stereocenters. The van der Waals surface area contributed by atoms with Crippen LogP contribution < -0.4 is 0 Å². The third kappa shape index (κ3) is 0.483. The van der Waals surface area contributed by atoms with Crippen LogP contribution in [0, 0.1) is 11.8 Å². The molecule has 0 aromatic heterocycles. The first kappa shape index (κ1) is 5.26. The van der Waals surface area contributed by atoms with Gasteiger partial charge in [-0.1, -0.05) is 45.2 Å². The fourth-order valence-corrected chi connectivity index (χ4v) is 5.84. The maximum atomic E-state index is 2.58. The lowest BCUT2D eigenvalue weighted by Crippen LogP contribution is -2.61. The third-order valence-corrected chi connectivity index (χ3v) is 5.88. The van der Waals surface area contributed by atoms with Crippen LogP contribution in [0.4, 0.5) is 0 Å². The molecule has 3 rings (SSSR count). The van der Waals surface area contributed by atoms with Gasteiger partial charge in [-0.25, -0.2) is 0 Å². The molecule has 2 bridgehead atoms. The second-order valence-electron chi connectivity index (χ2n) is 2.45. The minimum Gasteiger partial charge on any atom is -0.0819 e. The number of alkyl halides is 2. The van der Waals surface area contributed by atoms with Gasteiger partial charge in [-0.05, 0) is 18.3 Å². The molecule has 0 aliphatic heterocycles. The van der Waals surface area contributed by atoms with Crippen LogP contribution >= 0.6 is 45.2 Å². The van der Waals surface area contributed by atoms with Gasteiger partial charge < -0.3 is 0 Å². The number of rotatable bonds is 0. The lowest BCUT2D eigenvalue weighted by atomic mass is 9.56. The predicted octanol–water partition coefficient (Wildman–Crippen LogP) is 2.24. The second kappa shape index (κ2) is 1.49. The Morgan fingerprint density at radius 3 is 1.43 bits per heavy atom. The summed E-state index contributed by atoms with van der Waals surface area (Å²) in [5.41, 5.74) is 0. The van der Waals surface area contributed by atoms with Crippen molar-refractivity contribution < 1.29 is 0 Å². The van der Waals surface area contributed by atoms with Gasteiger partial charge in [0.2, 0.25) is 0 Å². The molecule has 0 saturated heterocycles. The van der Waals surface area contributed by atoms with Gasteiger partial charge in [-0.3, -0.25) is 0 Å². The van der Waals surface area contributed by atoms with Gasteiger partial charge in [0.15, 0.2) is 0 Å². The smallest absolute Gasteiger partial charge is 0.0187 e. The highest BCUT2D eigenvalue weighted by Gasteiger charge is 2.58. The fraction of sp³-hybridized carbons (Fsp3) is 1.00. The van der Waals surface area contributed by atoms with E-state index in [9.17, 15) is 0 Å². The topological polar surface area (TPSA) is 0 Å². The Labute approximate surface area is 70.7 Å². The molecule has 0 amide bonds. The Morgan fingerprint density at radius 2 is 1.43 bits per heavy atom. The van der Waals surface area contributed by atoms with E-state index in [2.05, 4.69) is 45.2 Å². The average molecular weight is 320 g/mol. The van der Waals surface area contributed by atoms with Crippen molar-refractivity contribution in [3.05, 3.63) is 0 Å². The van der Waals surface area contributed by atoms with E-state index < -0.39 is 0 Å². The largest absolute Gasteiger partial charge is 0.0819 e. The SMILES string of the molecule is IC1C2CC1C2I. The van der Waals surface area contributed by atoms with Crippen LogP contribution in [0.25, 0.3) is 0 Å². The highest BCUT2D eigenvalue weighted by atomic mass is 127. The molecule has 0 N–H and O–H groups in total. The van der Waals surface area contributed by atoms with E-state index in [-0.39, 0.29) is 0 Å². The van der Waals surface area contributed by atoms with Crippen molar-refractivity contribution in [2.75, 3.05) is 0 Å². The van der Waals surface area contributed by atoms with Crippen molar-refractivity contribution in [3.63, 3.8) is 0 Å². The van der Waals surface area contributed by atoms with Crippen LogP contribution in [-0.2, 0) is 0 Å². The summed E-state index contributed by atoms with van der Waals surface area (Å²) in [5.74, 6) is 2.23. The fourth-order valence-electron chi connectivity index (χ4n) is 1.28. The standard InChI is InChI=1S/C5H6I2/c6-4-2-1-3(4)5(2)7/h2-5H,1H2. The molecule has 0 aromatic rings. The zero-order valence-electron chi connectivity index (χ0n) is 3.77. The third-order valence-electron chi connectivity index (χ3n) is 2.18. The molecule has 3 aliphatic carbocycles. The maximum absolute atomic E-state index is 2.58. The van der Waals surface area contributed by atoms with Crippen molar-refractivity contribution in [2.24, 2.45) is 11.8 Å². The van der Waals surface area contributed by atoms with Crippen molar-refractivity contribution in [3.8, 4) is 0 Å². The van der Waals surface area contributed by atoms with Crippen LogP contribution in [0.3, 0.4) is 0 Å². The Bertz CT molecular complexity index is 82.3. The lowest BCUT2D eigenvalue weighted by molar-refractivity contribution is 0.0695. The summed E-state index contributed by atoms with van der Waals surface area (Å²) < 4.78 is 2.14. The summed E-state index contributed by atoms with van der Waals surface area (Å²) in [7, 11) is 0. The summed E-state index contributed by atoms with van der Waals surface area (Å²) in [4.78, 5) is 0. The monoisotopic (exact) mass is 320 g/mol. The van der Waals surface area contributed by atoms with Crippen LogP contribution in [0.15, 0.2) is 0 Å². The Kier molecular flexibility index (Phi) is 1.12. The molecule has 0 nitrogen and oxygen atoms in total. The van der Waals surface area contributed by atoms with Gasteiger partial charge in [0, 0.05) is 7.85 Å². The number of hydrogen-bond acceptors (Lipinski definition) is 0. The van der Waals surface area contributed by atoms with Crippen LogP contribution in [0.1, 0.15) is 6.42 Å². The van der Waals surface area contributed by atoms with Crippen molar-refractivity contribution in [2.45, 2.75) is 14.3 Å². The van der Waals surface area contributed by atoms with Gasteiger partial charge in [0.1, 0.15) is 0 Å². The molecular formula is C5H6I2. The molecule has 3 fully saturated rings. The van der Waals surface area contributed by atoms with Gasteiger partial charge in [-0.15, -0.1) is 0 Å². The average Bonchev–Trinajstić information content (AvgIpc) is 1.60. The van der Waals surface area contributed by atoms with E-state index in [1.807, 2.05) is 0 Å². The van der Waals surface area contributed by atoms with Gasteiger partial charge in [0.05, 0.1) is 0 Å². The Hall–Kier alpha value is 1.46. The van der Waals surface area contributed by atoms with Gasteiger partial charge in [-0.2, -0.15) is 0 Å². The molecular weight excluding hydrogens is 314 g/mol. The van der Waals surface area contributed by atoms with Crippen molar-refractivity contribution in [1.82, 2.24) is 0 Å². The predicted molar refractivity (Wildman–Crippen MR) is 47.2 cm³/mol. The lowest BCUT2D eigenvalue weighted by Gasteiger charge is -2.60. The first-order chi connectivity index (χ1) is 3.30. The van der Waals surface area contributed by atoms with E-state index in [0.29, 0.717) is 0 Å². The molecule has 0 radical (unpaired) electrons. The molecule has 0 heterocycles. The molecule has 7 heavy (non-hydrogen) atoms. The summed E-state index contributed by atoms with van der Waals surface area (Å²) in [6.07, 6.45) is 1.54. The van der Waals surface area contributed by atoms with Crippen molar-refractivity contribution >= 4 is 45.2 Å². The zero-order chi connectivity index (χ0) is 5.02. The quantitative estimate of drug-likeness (QED) is 0.474. The van der Waals surface area contributed by atoms with E-state index in [0.717, 1.165) is 19.7 Å². The summed E-state index contributed by atoms with van der Waals surface area (Å²) >= 11 is 5.16. The highest BCUT2D eigenvalue weighted by molar-refractivity contribution is 14.1. The summed E-state index contributed by atoms with van der Waals surface area (Å²) in [6, 6.07) is 0. The molecule has 3 aliphatic rings. The number of halogens is 2. The first-order valence-corrected chi connectivity index (χ1v) is 5.08. The van der Waals surface area contributed by atoms with E-state index in [1.54, 1.807) is 6.42 Å². The first-order valence-electron chi connectivity index (χ1n) is 2.59. The van der Waals surface area contributed by atoms with Crippen LogP contribution in [0.5, 0.6) is 0 Å². The highest BCUT2D eigenvalue weighted by Crippen LogP contribution is 2.61. The zero-order valence-corrected chi connectivity index (χ0v) is 8.09. The van der Waals surface area contributed by atoms with E-state index in [4.69, 9.17) is 0 Å². The van der Waals surface area contributed by atoms with Gasteiger partial charge in [0.25, 0.3) is 0 Å². The summed E-state index contributed by atoms with van der Waals surface area (Å²) in [5, 5.41) is 0. The van der Waals surface area contributed by atoms with E-state index in [1.165, 1.54) is 0 Å². The Balaban J connectivity index is 2.07. The maximum Gasteiger partial charge on any atom is 0.0187 e. The molecule has 0 atom stereocenters. The molecule has 0 aromatic carbocycles. The molecule has 40 valence electrons. The van der Waals surface area contributed by atoms with Crippen molar-refractivity contribution in [1.29, 1.82) is 0 Å². The molecule has 2 heteroatoms. The minimum absolute atomic E-state index is 1.07. The van der Waals surface area contributed by atoms with Crippen LogP contribution in [0.2, 0.25) is 0 Å². The van der Waals surface area contributed by atoms with Gasteiger partial charge >= 0.3 is 0 Å². The van der Waals surface area contributed by atoms with E-state index >= 15 is 0 Å².